The van der Waals surface area contributed by atoms with Gasteiger partial charge < -0.3 is 19.8 Å². The highest BCUT2D eigenvalue weighted by molar-refractivity contribution is 5.96. The first-order valence-corrected chi connectivity index (χ1v) is 7.41. The van der Waals surface area contributed by atoms with Gasteiger partial charge in [-0.05, 0) is 52.0 Å². The molecular weight excluding hydrogens is 312 g/mol. The smallest absolute Gasteiger partial charge is 0.408 e. The van der Waals surface area contributed by atoms with Gasteiger partial charge >= 0.3 is 6.09 Å². The van der Waals surface area contributed by atoms with E-state index in [0.29, 0.717) is 11.6 Å². The molecule has 0 saturated carbocycles. The van der Waals surface area contributed by atoms with Crippen LogP contribution in [0.5, 0.6) is 0 Å². The molecule has 0 saturated heterocycles. The number of alkyl carbamates (subject to hydrolysis) is 1. The summed E-state index contributed by atoms with van der Waals surface area (Å²) in [6.07, 6.45) is 0.603. The van der Waals surface area contributed by atoms with Gasteiger partial charge in [-0.3, -0.25) is 4.79 Å². The summed E-state index contributed by atoms with van der Waals surface area (Å²) in [5, 5.41) is 12.6. The Bertz CT molecular complexity index is 690. The third kappa shape index (κ3) is 5.08. The summed E-state index contributed by atoms with van der Waals surface area (Å²) in [6, 6.07) is 6.16. The van der Waals surface area contributed by atoms with Crippen molar-refractivity contribution in [1.29, 1.82) is 0 Å². The van der Waals surface area contributed by atoms with Crippen molar-refractivity contribution in [3.8, 4) is 11.5 Å². The largest absolute Gasteiger partial charge is 0.444 e. The summed E-state index contributed by atoms with van der Waals surface area (Å²) >= 11 is 0. The fraction of sp³-hybridized carbons (Fsp3) is 0.375. The molecule has 24 heavy (non-hydrogen) atoms. The minimum Gasteiger partial charge on any atom is -0.444 e. The number of amides is 2. The molecule has 0 bridgehead atoms. The molecule has 1 atom stereocenters. The van der Waals surface area contributed by atoms with E-state index in [-0.39, 0.29) is 5.91 Å². The van der Waals surface area contributed by atoms with Crippen molar-refractivity contribution in [2.45, 2.75) is 39.3 Å². The normalized spacial score (nSPS) is 12.3. The molecule has 8 heteroatoms. The maximum Gasteiger partial charge on any atom is 0.408 e. The van der Waals surface area contributed by atoms with Crippen molar-refractivity contribution in [1.82, 2.24) is 15.5 Å². The zero-order valence-electron chi connectivity index (χ0n) is 14.0. The van der Waals surface area contributed by atoms with Crippen molar-refractivity contribution in [3.05, 3.63) is 30.7 Å². The van der Waals surface area contributed by atoms with Crippen molar-refractivity contribution in [3.63, 3.8) is 0 Å². The summed E-state index contributed by atoms with van der Waals surface area (Å²) in [6.45, 7) is 6.83. The number of carbonyl (C=O) groups is 2. The Labute approximate surface area is 139 Å². The number of anilines is 1. The molecular formula is C16H20N4O4. The number of nitrogens with zero attached hydrogens (tertiary/aromatic N) is 2. The number of hydrogen-bond acceptors (Lipinski definition) is 6. The molecule has 1 aromatic carbocycles. The second kappa shape index (κ2) is 7.12. The summed E-state index contributed by atoms with van der Waals surface area (Å²) in [5.74, 6) is 0.0410. The van der Waals surface area contributed by atoms with Crippen LogP contribution in [0, 0.1) is 0 Å². The van der Waals surface area contributed by atoms with E-state index in [1.54, 1.807) is 52.0 Å². The Morgan fingerprint density at radius 2 is 1.88 bits per heavy atom. The van der Waals surface area contributed by atoms with E-state index in [4.69, 9.17) is 9.15 Å². The Morgan fingerprint density at radius 3 is 2.42 bits per heavy atom. The molecule has 128 valence electrons. The lowest BCUT2D eigenvalue weighted by Gasteiger charge is -2.21. The molecule has 2 N–H and O–H groups in total. The topological polar surface area (TPSA) is 106 Å². The fourth-order valence-electron chi connectivity index (χ4n) is 1.80. The number of nitrogens with one attached hydrogen (secondary N) is 2. The van der Waals surface area contributed by atoms with Gasteiger partial charge in [-0.25, -0.2) is 4.79 Å². The van der Waals surface area contributed by atoms with Crippen LogP contribution in [0.25, 0.3) is 11.5 Å². The molecule has 0 aliphatic heterocycles. The molecule has 0 radical (unpaired) electrons. The SMILES string of the molecule is C[C@@H](NC(=O)OC(C)(C)C)C(=O)Nc1ccc(-c2nnco2)cc1. The second-order valence-corrected chi connectivity index (χ2v) is 6.18. The number of benzene rings is 1. The lowest BCUT2D eigenvalue weighted by Crippen LogP contribution is -2.43. The van der Waals surface area contributed by atoms with Crippen LogP contribution < -0.4 is 10.6 Å². The second-order valence-electron chi connectivity index (χ2n) is 6.18. The first-order chi connectivity index (χ1) is 11.2. The summed E-state index contributed by atoms with van der Waals surface area (Å²) in [5.41, 5.74) is 0.705. The highest BCUT2D eigenvalue weighted by atomic mass is 16.6. The van der Waals surface area contributed by atoms with Gasteiger partial charge in [0.1, 0.15) is 11.6 Å². The van der Waals surface area contributed by atoms with Crippen molar-refractivity contribution in [2.24, 2.45) is 0 Å². The number of hydrogen-bond donors (Lipinski definition) is 2. The van der Waals surface area contributed by atoms with Crippen LogP contribution in [-0.4, -0.2) is 33.8 Å². The zero-order chi connectivity index (χ0) is 17.7. The van der Waals surface area contributed by atoms with Gasteiger partial charge in [0.15, 0.2) is 0 Å². The third-order valence-corrected chi connectivity index (χ3v) is 2.89. The number of aromatic nitrogens is 2. The monoisotopic (exact) mass is 332 g/mol. The lowest BCUT2D eigenvalue weighted by molar-refractivity contribution is -0.117. The van der Waals surface area contributed by atoms with Gasteiger partial charge in [-0.1, -0.05) is 0 Å². The maximum atomic E-state index is 12.1. The minimum absolute atomic E-state index is 0.355. The van der Waals surface area contributed by atoms with Gasteiger partial charge in [0, 0.05) is 11.3 Å². The van der Waals surface area contributed by atoms with Crippen LogP contribution >= 0.6 is 0 Å². The van der Waals surface area contributed by atoms with Crippen LogP contribution in [0.3, 0.4) is 0 Å². The lowest BCUT2D eigenvalue weighted by atomic mass is 10.2. The van der Waals surface area contributed by atoms with Crippen LogP contribution in [0.4, 0.5) is 10.5 Å². The van der Waals surface area contributed by atoms with E-state index in [1.807, 2.05) is 0 Å². The van der Waals surface area contributed by atoms with Crippen LogP contribution in [0.2, 0.25) is 0 Å². The molecule has 2 amide bonds. The van der Waals surface area contributed by atoms with E-state index in [0.717, 1.165) is 5.56 Å². The quantitative estimate of drug-likeness (QED) is 0.891. The zero-order valence-corrected chi connectivity index (χ0v) is 14.0. The Morgan fingerprint density at radius 1 is 1.21 bits per heavy atom. The van der Waals surface area contributed by atoms with E-state index in [2.05, 4.69) is 20.8 Å². The van der Waals surface area contributed by atoms with E-state index < -0.39 is 17.7 Å². The Balaban J connectivity index is 1.90. The predicted molar refractivity (Wildman–Crippen MR) is 87.2 cm³/mol. The van der Waals surface area contributed by atoms with Gasteiger partial charge in [0.05, 0.1) is 0 Å². The number of carbonyl (C=O) groups excluding carboxylic acids is 2. The molecule has 1 heterocycles. The highest BCUT2D eigenvalue weighted by Gasteiger charge is 2.21. The summed E-state index contributed by atoms with van der Waals surface area (Å²) in [4.78, 5) is 23.8. The van der Waals surface area contributed by atoms with E-state index in [1.165, 1.54) is 6.39 Å². The molecule has 0 spiro atoms. The minimum atomic E-state index is -0.740. The third-order valence-electron chi connectivity index (χ3n) is 2.89. The molecule has 8 nitrogen and oxygen atoms in total. The summed E-state index contributed by atoms with van der Waals surface area (Å²) < 4.78 is 10.2. The van der Waals surface area contributed by atoms with Crippen molar-refractivity contribution in [2.75, 3.05) is 5.32 Å². The molecule has 0 fully saturated rings. The fourth-order valence-corrected chi connectivity index (χ4v) is 1.80. The van der Waals surface area contributed by atoms with E-state index in [9.17, 15) is 9.59 Å². The first-order valence-electron chi connectivity index (χ1n) is 7.41. The molecule has 0 aliphatic carbocycles. The maximum absolute atomic E-state index is 12.1. The van der Waals surface area contributed by atoms with Crippen molar-refractivity contribution >= 4 is 17.7 Å². The Kier molecular flexibility index (Phi) is 5.18. The first kappa shape index (κ1) is 17.5. The van der Waals surface area contributed by atoms with E-state index >= 15 is 0 Å². The average molecular weight is 332 g/mol. The van der Waals surface area contributed by atoms with Crippen LogP contribution in [-0.2, 0) is 9.53 Å². The predicted octanol–water partition coefficient (Wildman–Crippen LogP) is 2.59. The highest BCUT2D eigenvalue weighted by Crippen LogP contribution is 2.19. The van der Waals surface area contributed by atoms with Crippen LogP contribution in [0.1, 0.15) is 27.7 Å². The van der Waals surface area contributed by atoms with Gasteiger partial charge in [0.2, 0.25) is 18.2 Å². The summed E-state index contributed by atoms with van der Waals surface area (Å²) in [7, 11) is 0. The van der Waals surface area contributed by atoms with Gasteiger partial charge in [-0.2, -0.15) is 0 Å². The van der Waals surface area contributed by atoms with Crippen molar-refractivity contribution < 1.29 is 18.7 Å². The number of rotatable bonds is 4. The van der Waals surface area contributed by atoms with Crippen LogP contribution in [0.15, 0.2) is 35.1 Å². The Hall–Kier alpha value is -2.90. The van der Waals surface area contributed by atoms with Gasteiger partial charge in [0.25, 0.3) is 0 Å². The average Bonchev–Trinajstić information content (AvgIpc) is 3.00. The molecule has 0 unspecified atom stereocenters. The standard InChI is InChI=1S/C16H20N4O4/c1-10(18-15(22)24-16(2,3)4)13(21)19-12-7-5-11(6-8-12)14-20-17-9-23-14/h5-10H,1-4H3,(H,18,22)(H,19,21)/t10-/m1/s1. The molecule has 1 aromatic heterocycles. The molecule has 2 aromatic rings. The van der Waals surface area contributed by atoms with Gasteiger partial charge in [-0.15, -0.1) is 10.2 Å². The number of ether oxygens (including phenoxy) is 1. The molecule has 2 rings (SSSR count). The molecule has 0 aliphatic rings.